The fourth-order valence-corrected chi connectivity index (χ4v) is 39.1. The molecule has 0 radical (unpaired) electrons. The van der Waals surface area contributed by atoms with Crippen LogP contribution in [0, 0.1) is 53.1 Å². The Morgan fingerprint density at radius 2 is 0.650 bits per heavy atom. The van der Waals surface area contributed by atoms with E-state index in [0.717, 1.165) is 167 Å². The lowest BCUT2D eigenvalue weighted by Gasteiger charge is -2.35. The number of hydrogen-bond acceptors (Lipinski definition) is 24. The van der Waals surface area contributed by atoms with Gasteiger partial charge in [0, 0.05) is 220 Å². The average molecular weight is 2040 g/mol. The lowest BCUT2D eigenvalue weighted by molar-refractivity contribution is 0.233. The van der Waals surface area contributed by atoms with E-state index in [4.69, 9.17) is 11.6 Å². The summed E-state index contributed by atoms with van der Waals surface area (Å²) in [5.74, 6) is 1.56. The third-order valence-electron chi connectivity index (χ3n) is 33.4. The second-order valence-electron chi connectivity index (χ2n) is 41.6. The lowest BCUT2D eigenvalue weighted by atomic mass is 9.85. The van der Waals surface area contributed by atoms with Crippen molar-refractivity contribution in [3.63, 3.8) is 0 Å². The van der Waals surface area contributed by atoms with Gasteiger partial charge in [0.05, 0.1) is 63.4 Å². The Balaban J connectivity index is 0.0000000966. The molecule has 140 heavy (non-hydrogen) atoms. The van der Waals surface area contributed by atoms with E-state index < -0.39 is 77.3 Å². The molecule has 15 aliphatic rings. The van der Waals surface area contributed by atoms with Crippen molar-refractivity contribution < 1.29 is 59.3 Å². The number of nitrogens with one attached hydrogen (secondary N) is 6. The molecule has 6 aromatic heterocycles. The van der Waals surface area contributed by atoms with Crippen LogP contribution >= 0.6 is 11.6 Å². The van der Waals surface area contributed by atoms with Gasteiger partial charge in [0.15, 0.2) is 11.6 Å². The standard InChI is InChI=1S/C17H18ClN3O2S.C17H18FN3O2S.C17H19N3O2S.2C17H21N3O2S.C16H18FN3O2S/c2*18-13-9-19-8-11-2-1-3-14(15(11)13)24(22,23)21-10-12-4-7-20-16(12)17(21)5-6-17;21-23(22,15-3-1-2-12-10-18-8-5-14(12)15)20-11-13-4-9-19-16(13)17(20)6-7-17;1-17(2)16-13(6-9-19-16)11-20(17)23(21,22)15-5-3-4-12-10-18-8-7-14(12)15;1-17(2)15-10-19-9-13(15)11-20(17)23(21,22)16-5-3-4-12-8-18-7-6-14(12)16;1-10-16-12(5-6-19-16)9-20(10)23(21,22)14-4-2-3-11-7-18-8-13(17)15(11)14/h2*1-3,8-9,12,16,20H,4-7,10H2;1-3,5,8,10,13,16,19H,4,6-7,9,11H2;3-5,7-8,10,13,16,19H,6,9,11H2,1-2H3;3-8,13,15,19H,9-11H2,1-2H3;2-4,7-8,10,12,16,19H,5-6,9H2,1H3. The van der Waals surface area contributed by atoms with E-state index in [1.165, 1.54) is 35.0 Å². The van der Waals surface area contributed by atoms with E-state index >= 15 is 0 Å². The topological polar surface area (TPSA) is 374 Å². The van der Waals surface area contributed by atoms with E-state index in [9.17, 15) is 59.3 Å². The Kier molecular flexibility index (Phi) is 24.6. The molecule has 12 saturated heterocycles. The van der Waals surface area contributed by atoms with Crippen molar-refractivity contribution in [3.05, 3.63) is 218 Å². The Morgan fingerprint density at radius 3 is 1.06 bits per heavy atom. The summed E-state index contributed by atoms with van der Waals surface area (Å²) in [6.45, 7) is 20.2. The molecule has 6 N–H and O–H groups in total. The molecule has 12 aromatic rings. The first-order chi connectivity index (χ1) is 67.0. The summed E-state index contributed by atoms with van der Waals surface area (Å²) in [7, 11) is -21.7. The minimum Gasteiger partial charge on any atom is -0.316 e. The maximum atomic E-state index is 14.3. The van der Waals surface area contributed by atoms with Crippen LogP contribution in [0.15, 0.2) is 231 Å². The van der Waals surface area contributed by atoms with Gasteiger partial charge in [-0.2, -0.15) is 25.8 Å². The quantitative estimate of drug-likeness (QED) is 0.0661. The van der Waals surface area contributed by atoms with Gasteiger partial charge in [-0.15, -0.1) is 0 Å². The van der Waals surface area contributed by atoms with Crippen LogP contribution in [-0.4, -0.2) is 255 Å². The molecule has 6 aromatic carbocycles. The summed E-state index contributed by atoms with van der Waals surface area (Å²) in [6, 6.07) is 37.7. The molecule has 18 heterocycles. The molecule has 13 unspecified atom stereocenters. The van der Waals surface area contributed by atoms with Crippen LogP contribution in [0.25, 0.3) is 64.6 Å². The van der Waals surface area contributed by atoms with Gasteiger partial charge in [0.2, 0.25) is 60.1 Å². The largest absolute Gasteiger partial charge is 0.316 e. The van der Waals surface area contributed by atoms with E-state index in [-0.39, 0.29) is 66.9 Å². The Morgan fingerprint density at radius 1 is 0.329 bits per heavy atom. The van der Waals surface area contributed by atoms with Gasteiger partial charge in [-0.1, -0.05) is 84.4 Å². The highest BCUT2D eigenvalue weighted by atomic mass is 35.5. The van der Waals surface area contributed by atoms with E-state index in [1.807, 2.05) is 51.1 Å². The number of sulfonamides is 6. The molecule has 39 heteroatoms. The maximum Gasteiger partial charge on any atom is 0.244 e. The highest BCUT2D eigenvalue weighted by Crippen LogP contribution is 2.60. The molecule has 0 amide bonds. The molecular formula is C101H115ClF2N18O12S6. The predicted molar refractivity (Wildman–Crippen MR) is 532 cm³/mol. The maximum absolute atomic E-state index is 14.3. The van der Waals surface area contributed by atoms with Crippen molar-refractivity contribution in [1.82, 2.24) is 87.6 Å². The predicted octanol–water partition coefficient (Wildman–Crippen LogP) is 11.6. The second kappa shape index (κ2) is 35.8. The van der Waals surface area contributed by atoms with Crippen molar-refractivity contribution in [1.29, 1.82) is 0 Å². The van der Waals surface area contributed by atoms with Crippen LogP contribution in [0.1, 0.15) is 105 Å². The molecule has 15 fully saturated rings. The number of fused-ring (bicyclic) bond motifs is 15. The van der Waals surface area contributed by atoms with Crippen LogP contribution in [0.2, 0.25) is 5.02 Å². The SMILES string of the molecule is CC1(C)C2CNCC2CN1S(=O)(=O)c1cccc2cnccc12.CC1(C)C2NCCC2CN1S(=O)(=O)c1cccc2cnccc12.CC1C2NCCC2CN1S(=O)(=O)c1cccc2cncc(F)c12.O=S(=O)(c1cccc2cncc(Cl)c12)N1CC2CCNC2C12CC2.O=S(=O)(c1cccc2cncc(F)c12)N1CC2CCNC2C12CC2.O=S(=O)(c1cccc2cnccc12)N1CC2CCNC2C12CC2. The zero-order valence-corrected chi connectivity index (χ0v) is 84.0. The van der Waals surface area contributed by atoms with E-state index in [2.05, 4.69) is 75.7 Å². The summed E-state index contributed by atoms with van der Waals surface area (Å²) in [5, 5.41) is 28.6. The normalized spacial score (nSPS) is 28.2. The Bertz CT molecular complexity index is 7170. The van der Waals surface area contributed by atoms with Crippen molar-refractivity contribution in [2.24, 2.45) is 41.4 Å². The third kappa shape index (κ3) is 15.9. The number of benzene rings is 6. The van der Waals surface area contributed by atoms with Crippen molar-refractivity contribution in [2.75, 3.05) is 85.1 Å². The minimum absolute atomic E-state index is 0.0294. The molecule has 12 aliphatic heterocycles. The monoisotopic (exact) mass is 2040 g/mol. The fourth-order valence-electron chi connectivity index (χ4n) is 26.3. The summed E-state index contributed by atoms with van der Waals surface area (Å²) < 4.78 is 199. The lowest BCUT2D eigenvalue weighted by Crippen LogP contribution is -2.52. The van der Waals surface area contributed by atoms with Gasteiger partial charge < -0.3 is 31.9 Å². The van der Waals surface area contributed by atoms with Gasteiger partial charge in [-0.25, -0.2) is 59.3 Å². The van der Waals surface area contributed by atoms with Crippen LogP contribution in [0.3, 0.4) is 0 Å². The highest BCUT2D eigenvalue weighted by Gasteiger charge is 2.69. The molecule has 3 saturated carbocycles. The molecule has 13 atom stereocenters. The first-order valence-electron chi connectivity index (χ1n) is 48.6. The van der Waals surface area contributed by atoms with Crippen LogP contribution < -0.4 is 31.9 Å². The molecule has 27 rings (SSSR count). The first-order valence-corrected chi connectivity index (χ1v) is 57.7. The fraction of sp³-hybridized carbons (Fsp3) is 0.465. The summed E-state index contributed by atoms with van der Waals surface area (Å²) in [6.07, 6.45) is 29.2. The number of nitrogens with zero attached hydrogens (tertiary/aromatic N) is 12. The molecule has 3 aliphatic carbocycles. The zero-order chi connectivity index (χ0) is 97.4. The molecule has 30 nitrogen and oxygen atoms in total. The molecule has 738 valence electrons. The van der Waals surface area contributed by atoms with Crippen LogP contribution in [-0.2, 0) is 60.1 Å². The number of aromatic nitrogens is 6. The first kappa shape index (κ1) is 96.0. The van der Waals surface area contributed by atoms with Gasteiger partial charge >= 0.3 is 0 Å². The van der Waals surface area contributed by atoms with Crippen LogP contribution in [0.4, 0.5) is 8.78 Å². The van der Waals surface area contributed by atoms with Gasteiger partial charge in [-0.05, 0) is 241 Å². The van der Waals surface area contributed by atoms with Gasteiger partial charge in [0.25, 0.3) is 0 Å². The highest BCUT2D eigenvalue weighted by molar-refractivity contribution is 7.91. The Hall–Kier alpha value is -8.85. The molecule has 3 spiro atoms. The number of pyridine rings is 6. The summed E-state index contributed by atoms with van der Waals surface area (Å²) >= 11 is 6.30. The smallest absolute Gasteiger partial charge is 0.244 e. The van der Waals surface area contributed by atoms with Crippen molar-refractivity contribution in [2.45, 2.75) is 199 Å². The van der Waals surface area contributed by atoms with Crippen molar-refractivity contribution in [3.8, 4) is 0 Å². The molecular weight excluding hydrogens is 1920 g/mol. The van der Waals surface area contributed by atoms with Crippen molar-refractivity contribution >= 4 is 136 Å². The van der Waals surface area contributed by atoms with Gasteiger partial charge in [0.1, 0.15) is 0 Å². The average Bonchev–Trinajstić information content (AvgIpc) is 1.53. The van der Waals surface area contributed by atoms with E-state index in [0.29, 0.717) is 134 Å². The third-order valence-corrected chi connectivity index (χ3v) is 45.9. The Labute approximate surface area is 820 Å². The number of rotatable bonds is 12. The summed E-state index contributed by atoms with van der Waals surface area (Å²) in [4.78, 5) is 25.6. The zero-order valence-electron chi connectivity index (χ0n) is 78.4. The van der Waals surface area contributed by atoms with E-state index in [1.54, 1.807) is 150 Å². The number of halogens is 3. The second-order valence-corrected chi connectivity index (χ2v) is 53.0. The minimum atomic E-state index is -3.75. The summed E-state index contributed by atoms with van der Waals surface area (Å²) in [5.41, 5.74) is -1.49. The van der Waals surface area contributed by atoms with Gasteiger partial charge in [-0.3, -0.25) is 29.9 Å². The number of hydrogen-bond donors (Lipinski definition) is 6. The van der Waals surface area contributed by atoms with Crippen LogP contribution in [0.5, 0.6) is 0 Å². The molecule has 0 bridgehead atoms.